The zero-order chi connectivity index (χ0) is 28.3. The summed E-state index contributed by atoms with van der Waals surface area (Å²) >= 11 is 7.47. The van der Waals surface area contributed by atoms with Crippen molar-refractivity contribution in [2.24, 2.45) is 0 Å². The number of fused-ring (bicyclic) bond motifs is 1. The number of hydrogen-bond donors (Lipinski definition) is 1. The van der Waals surface area contributed by atoms with Gasteiger partial charge in [-0.05, 0) is 48.0 Å². The predicted octanol–water partition coefficient (Wildman–Crippen LogP) is 6.59. The molecule has 3 aromatic rings. The Balaban J connectivity index is 1.63. The molecule has 1 aliphatic rings. The van der Waals surface area contributed by atoms with Gasteiger partial charge in [-0.3, -0.25) is 9.59 Å². The van der Waals surface area contributed by atoms with Gasteiger partial charge in [0, 0.05) is 16.6 Å². The predicted molar refractivity (Wildman–Crippen MR) is 143 cm³/mol. The molecule has 206 valence electrons. The lowest BCUT2D eigenvalue weighted by Gasteiger charge is -2.22. The molecule has 1 heterocycles. The van der Waals surface area contributed by atoms with Crippen molar-refractivity contribution in [3.05, 3.63) is 70.7 Å². The summed E-state index contributed by atoms with van der Waals surface area (Å²) in [5.41, 5.74) is 0.104. The fraction of sp³-hybridized carbons (Fsp3) is 0.259. The number of nitrogens with one attached hydrogen (secondary N) is 1. The van der Waals surface area contributed by atoms with Gasteiger partial charge in [-0.1, -0.05) is 23.7 Å². The Kier molecular flexibility index (Phi) is 8.51. The van der Waals surface area contributed by atoms with Gasteiger partial charge in [0.15, 0.2) is 11.5 Å². The number of alkyl halides is 3. The lowest BCUT2D eigenvalue weighted by molar-refractivity contribution is -0.137. The molecule has 0 bridgehead atoms. The largest absolute Gasteiger partial charge is 0.493 e. The third kappa shape index (κ3) is 6.20. The van der Waals surface area contributed by atoms with Gasteiger partial charge in [0.05, 0.1) is 43.3 Å². The summed E-state index contributed by atoms with van der Waals surface area (Å²) in [6, 6.07) is 13.3. The minimum Gasteiger partial charge on any atom is -0.493 e. The molecular formula is C27H24ClF3N2O5S. The molecule has 1 aliphatic heterocycles. The number of benzene rings is 3. The average molecular weight is 581 g/mol. The topological polar surface area (TPSA) is 77.1 Å². The number of para-hydroxylation sites is 1. The average Bonchev–Trinajstić information content (AvgIpc) is 3.04. The van der Waals surface area contributed by atoms with E-state index in [-0.39, 0.29) is 28.3 Å². The highest BCUT2D eigenvalue weighted by atomic mass is 35.5. The first kappa shape index (κ1) is 28.4. The van der Waals surface area contributed by atoms with E-state index in [1.54, 1.807) is 24.3 Å². The van der Waals surface area contributed by atoms with E-state index in [0.717, 1.165) is 28.7 Å². The van der Waals surface area contributed by atoms with Crippen LogP contribution in [0.4, 0.5) is 24.5 Å². The molecule has 0 aliphatic carbocycles. The lowest BCUT2D eigenvalue weighted by Crippen LogP contribution is -2.38. The van der Waals surface area contributed by atoms with Crippen LogP contribution in [0, 0.1) is 0 Å². The summed E-state index contributed by atoms with van der Waals surface area (Å²) < 4.78 is 55.8. The van der Waals surface area contributed by atoms with Crippen molar-refractivity contribution in [2.45, 2.75) is 22.7 Å². The molecule has 39 heavy (non-hydrogen) atoms. The molecule has 4 rings (SSSR count). The number of ether oxygens (including phenoxy) is 3. The second-order valence-corrected chi connectivity index (χ2v) is 10.1. The van der Waals surface area contributed by atoms with Crippen LogP contribution in [-0.4, -0.2) is 39.7 Å². The number of rotatable bonds is 7. The van der Waals surface area contributed by atoms with Crippen molar-refractivity contribution < 1.29 is 37.0 Å². The summed E-state index contributed by atoms with van der Waals surface area (Å²) in [6.07, 6.45) is -4.58. The molecule has 2 amide bonds. The van der Waals surface area contributed by atoms with Gasteiger partial charge in [-0.25, -0.2) is 0 Å². The number of carbonyl (C=O) groups excluding carboxylic acids is 2. The molecule has 1 N–H and O–H groups in total. The van der Waals surface area contributed by atoms with Gasteiger partial charge < -0.3 is 24.4 Å². The Morgan fingerprint density at radius 3 is 2.33 bits per heavy atom. The summed E-state index contributed by atoms with van der Waals surface area (Å²) in [4.78, 5) is 28.5. The molecule has 0 saturated carbocycles. The molecule has 0 spiro atoms. The maximum Gasteiger partial charge on any atom is 0.416 e. The Bertz CT molecular complexity index is 1380. The molecule has 12 heteroatoms. The molecule has 1 unspecified atom stereocenters. The fourth-order valence-corrected chi connectivity index (χ4v) is 5.58. The first-order chi connectivity index (χ1) is 18.5. The van der Waals surface area contributed by atoms with E-state index in [1.165, 1.54) is 38.0 Å². The molecule has 3 aromatic carbocycles. The second kappa shape index (κ2) is 11.7. The van der Waals surface area contributed by atoms with E-state index in [1.807, 2.05) is 12.1 Å². The standard InChI is InChI=1S/C27H24ClF3N2O5S/c1-36-20-10-15(11-21(37-2)26(20)38-3)23-13-25(35)33(19-6-4-5-7-22(19)39-23)14-24(34)32-18-12-16(27(29,30)31)8-9-17(18)28/h4-12,23H,13-14H2,1-3H3,(H,32,34). The van der Waals surface area contributed by atoms with E-state index >= 15 is 0 Å². The second-order valence-electron chi connectivity index (χ2n) is 8.46. The van der Waals surface area contributed by atoms with E-state index in [0.29, 0.717) is 22.9 Å². The summed E-state index contributed by atoms with van der Waals surface area (Å²) in [5.74, 6) is 0.242. The molecular weight excluding hydrogens is 557 g/mol. The molecule has 0 fully saturated rings. The molecule has 0 aromatic heterocycles. The van der Waals surface area contributed by atoms with Crippen LogP contribution in [0.25, 0.3) is 0 Å². The van der Waals surface area contributed by atoms with Crippen LogP contribution >= 0.6 is 23.4 Å². The summed E-state index contributed by atoms with van der Waals surface area (Å²) in [7, 11) is 4.49. The lowest BCUT2D eigenvalue weighted by atomic mass is 10.1. The maximum absolute atomic E-state index is 13.5. The summed E-state index contributed by atoms with van der Waals surface area (Å²) in [6.45, 7) is -0.426. The van der Waals surface area contributed by atoms with E-state index in [9.17, 15) is 22.8 Å². The van der Waals surface area contributed by atoms with Crippen molar-refractivity contribution in [2.75, 3.05) is 38.1 Å². The van der Waals surface area contributed by atoms with Gasteiger partial charge >= 0.3 is 6.18 Å². The first-order valence-corrected chi connectivity index (χ1v) is 12.8. The van der Waals surface area contributed by atoms with E-state index < -0.39 is 24.2 Å². The Morgan fingerprint density at radius 1 is 1.05 bits per heavy atom. The van der Waals surface area contributed by atoms with Crippen LogP contribution < -0.4 is 24.4 Å². The smallest absolute Gasteiger partial charge is 0.416 e. The highest BCUT2D eigenvalue weighted by Gasteiger charge is 2.33. The van der Waals surface area contributed by atoms with E-state index in [4.69, 9.17) is 25.8 Å². The fourth-order valence-electron chi connectivity index (χ4n) is 4.16. The minimum absolute atomic E-state index is 0.0234. The Hall–Kier alpha value is -3.57. The Morgan fingerprint density at radius 2 is 1.72 bits per heavy atom. The number of carbonyl (C=O) groups is 2. The summed E-state index contributed by atoms with van der Waals surface area (Å²) in [5, 5.41) is 1.99. The van der Waals surface area contributed by atoms with Gasteiger partial charge in [-0.2, -0.15) is 13.2 Å². The molecule has 0 radical (unpaired) electrons. The van der Waals surface area contributed by atoms with Gasteiger partial charge in [0.25, 0.3) is 0 Å². The Labute approximate surface area is 232 Å². The van der Waals surface area contributed by atoms with Crippen molar-refractivity contribution >= 4 is 46.6 Å². The van der Waals surface area contributed by atoms with Crippen LogP contribution in [0.2, 0.25) is 5.02 Å². The zero-order valence-electron chi connectivity index (χ0n) is 21.1. The number of nitrogens with zero attached hydrogens (tertiary/aromatic N) is 1. The van der Waals surface area contributed by atoms with Crippen LogP contribution in [0.15, 0.2) is 59.5 Å². The van der Waals surface area contributed by atoms with Crippen molar-refractivity contribution in [1.82, 2.24) is 0 Å². The van der Waals surface area contributed by atoms with Crippen LogP contribution in [0.5, 0.6) is 17.2 Å². The number of amides is 2. The molecule has 0 saturated heterocycles. The monoisotopic (exact) mass is 580 g/mol. The molecule has 7 nitrogen and oxygen atoms in total. The SMILES string of the molecule is COc1cc(C2CC(=O)N(CC(=O)Nc3cc(C(F)(F)F)ccc3Cl)c3ccccc3S2)cc(OC)c1OC. The number of hydrogen-bond acceptors (Lipinski definition) is 6. The van der Waals surface area contributed by atoms with Crippen molar-refractivity contribution in [3.8, 4) is 17.2 Å². The third-order valence-electron chi connectivity index (χ3n) is 6.01. The van der Waals surface area contributed by atoms with E-state index in [2.05, 4.69) is 5.32 Å². The van der Waals surface area contributed by atoms with Gasteiger partial charge in [0.2, 0.25) is 17.6 Å². The van der Waals surface area contributed by atoms with Crippen LogP contribution in [-0.2, 0) is 15.8 Å². The number of anilines is 2. The van der Waals surface area contributed by atoms with Gasteiger partial charge in [0.1, 0.15) is 6.54 Å². The van der Waals surface area contributed by atoms with Crippen LogP contribution in [0.3, 0.4) is 0 Å². The highest BCUT2D eigenvalue weighted by Crippen LogP contribution is 2.49. The number of halogens is 4. The molecule has 1 atom stereocenters. The zero-order valence-corrected chi connectivity index (χ0v) is 22.7. The van der Waals surface area contributed by atoms with Crippen molar-refractivity contribution in [1.29, 1.82) is 0 Å². The first-order valence-electron chi connectivity index (χ1n) is 11.6. The minimum atomic E-state index is -4.61. The number of methoxy groups -OCH3 is 3. The normalized spacial score (nSPS) is 15.3. The maximum atomic E-state index is 13.5. The van der Waals surface area contributed by atoms with Crippen molar-refractivity contribution in [3.63, 3.8) is 0 Å². The quantitative estimate of drug-likeness (QED) is 0.340. The highest BCUT2D eigenvalue weighted by molar-refractivity contribution is 7.99. The van der Waals surface area contributed by atoms with Crippen LogP contribution in [0.1, 0.15) is 22.8 Å². The number of thioether (sulfide) groups is 1. The third-order valence-corrected chi connectivity index (χ3v) is 7.67. The van der Waals surface area contributed by atoms with Gasteiger partial charge in [-0.15, -0.1) is 11.8 Å².